The van der Waals surface area contributed by atoms with Crippen LogP contribution < -0.4 is 0 Å². The molecule has 1 atom stereocenters. The van der Waals surface area contributed by atoms with Crippen molar-refractivity contribution in [2.75, 3.05) is 19.7 Å². The molecule has 1 unspecified atom stereocenters. The van der Waals surface area contributed by atoms with Gasteiger partial charge in [-0.15, -0.1) is 0 Å². The lowest BCUT2D eigenvalue weighted by Crippen LogP contribution is -2.37. The van der Waals surface area contributed by atoms with Gasteiger partial charge >= 0.3 is 0 Å². The Morgan fingerprint density at radius 3 is 2.81 bits per heavy atom. The van der Waals surface area contributed by atoms with Crippen molar-refractivity contribution in [1.29, 1.82) is 0 Å². The number of aromatic amines is 1. The second-order valence-electron chi connectivity index (χ2n) is 7.14. The number of fused-ring (bicyclic) bond motifs is 1. The van der Waals surface area contributed by atoms with E-state index in [1.807, 2.05) is 55.1 Å². The Balaban J connectivity index is 1.70. The highest BCUT2D eigenvalue weighted by Crippen LogP contribution is 2.35. The number of aryl methyl sites for hydroxylation is 2. The topological polar surface area (TPSA) is 82.1 Å². The number of carbonyl (C=O) groups excluding carboxylic acids is 1. The quantitative estimate of drug-likeness (QED) is 0.760. The lowest BCUT2D eigenvalue weighted by molar-refractivity contribution is 0.0776. The van der Waals surface area contributed by atoms with Crippen LogP contribution in [0.5, 0.6) is 0 Å². The first-order valence-corrected chi connectivity index (χ1v) is 8.82. The summed E-state index contributed by atoms with van der Waals surface area (Å²) in [6.45, 7) is 4.91. The molecule has 1 aromatic carbocycles. The van der Waals surface area contributed by atoms with E-state index in [0.717, 1.165) is 28.8 Å². The van der Waals surface area contributed by atoms with Gasteiger partial charge in [0.2, 0.25) is 0 Å². The lowest BCUT2D eigenvalue weighted by Gasteiger charge is -2.27. The molecule has 0 bridgehead atoms. The monoisotopic (exact) mass is 350 g/mol. The summed E-state index contributed by atoms with van der Waals surface area (Å²) in [4.78, 5) is 19.5. The van der Waals surface area contributed by atoms with E-state index in [4.69, 9.17) is 0 Å². The summed E-state index contributed by atoms with van der Waals surface area (Å²) in [5.74, 6) is -0.0312. The maximum Gasteiger partial charge on any atom is 0.254 e. The van der Waals surface area contributed by atoms with Crippen LogP contribution in [0, 0.1) is 13.8 Å². The first kappa shape index (κ1) is 16.7. The van der Waals surface area contributed by atoms with Gasteiger partial charge in [0.25, 0.3) is 5.91 Å². The van der Waals surface area contributed by atoms with Crippen molar-refractivity contribution < 1.29 is 9.90 Å². The molecule has 3 heterocycles. The van der Waals surface area contributed by atoms with Crippen LogP contribution in [-0.4, -0.2) is 50.8 Å². The molecular formula is C20H22N4O2. The highest BCUT2D eigenvalue weighted by atomic mass is 16.3. The maximum absolute atomic E-state index is 13.3. The van der Waals surface area contributed by atoms with E-state index in [9.17, 15) is 9.90 Å². The van der Waals surface area contributed by atoms with Gasteiger partial charge in [0.05, 0.1) is 17.6 Å². The molecule has 134 valence electrons. The number of aliphatic hydroxyl groups is 1. The van der Waals surface area contributed by atoms with Crippen LogP contribution in [0.4, 0.5) is 0 Å². The van der Waals surface area contributed by atoms with Crippen molar-refractivity contribution in [2.24, 2.45) is 0 Å². The average molecular weight is 350 g/mol. The van der Waals surface area contributed by atoms with Crippen LogP contribution in [0.3, 0.4) is 0 Å². The van der Waals surface area contributed by atoms with E-state index in [-0.39, 0.29) is 12.5 Å². The summed E-state index contributed by atoms with van der Waals surface area (Å²) < 4.78 is 0. The fraction of sp³-hybridized carbons (Fsp3) is 0.350. The zero-order valence-corrected chi connectivity index (χ0v) is 15.0. The molecule has 1 amide bonds. The first-order chi connectivity index (χ1) is 12.5. The third-order valence-electron chi connectivity index (χ3n) is 5.39. The molecule has 6 nitrogen and oxygen atoms in total. The third-order valence-corrected chi connectivity index (χ3v) is 5.39. The van der Waals surface area contributed by atoms with Crippen LogP contribution in [0.1, 0.15) is 33.7 Å². The molecule has 3 aromatic rings. The van der Waals surface area contributed by atoms with E-state index in [1.165, 1.54) is 0 Å². The number of H-pyrrole nitrogens is 1. The van der Waals surface area contributed by atoms with Gasteiger partial charge in [-0.2, -0.15) is 5.10 Å². The highest BCUT2D eigenvalue weighted by molar-refractivity contribution is 6.06. The van der Waals surface area contributed by atoms with E-state index < -0.39 is 5.41 Å². The molecule has 4 rings (SSSR count). The molecule has 0 aliphatic carbocycles. The van der Waals surface area contributed by atoms with Gasteiger partial charge in [-0.25, -0.2) is 4.98 Å². The Morgan fingerprint density at radius 1 is 1.31 bits per heavy atom. The number of amides is 1. The molecular weight excluding hydrogens is 328 g/mol. The van der Waals surface area contributed by atoms with Crippen LogP contribution >= 0.6 is 0 Å². The number of pyridine rings is 1. The lowest BCUT2D eigenvalue weighted by atomic mass is 9.80. The smallest absolute Gasteiger partial charge is 0.254 e. The standard InChI is InChI=1S/C20H22N4O2/c1-13-10-16(17-14(2)22-23-18(17)21-13)19(26)24-9-8-20(11-24,12-25)15-6-4-3-5-7-15/h3-7,10,25H,8-9,11-12H2,1-2H3,(H,21,22,23). The normalized spacial score (nSPS) is 20.0. The number of aromatic nitrogens is 3. The zero-order chi connectivity index (χ0) is 18.3. The number of likely N-dealkylation sites (tertiary alicyclic amines) is 1. The van der Waals surface area contributed by atoms with Gasteiger partial charge in [-0.1, -0.05) is 30.3 Å². The summed E-state index contributed by atoms with van der Waals surface area (Å²) in [5, 5.41) is 18.0. The third kappa shape index (κ3) is 2.57. The van der Waals surface area contributed by atoms with Crippen LogP contribution in [-0.2, 0) is 5.41 Å². The fourth-order valence-corrected chi connectivity index (χ4v) is 3.93. The van der Waals surface area contributed by atoms with Crippen LogP contribution in [0.2, 0.25) is 0 Å². The number of benzene rings is 1. The van der Waals surface area contributed by atoms with Crippen molar-refractivity contribution in [3.63, 3.8) is 0 Å². The van der Waals surface area contributed by atoms with E-state index in [2.05, 4.69) is 15.2 Å². The molecule has 1 aliphatic heterocycles. The molecule has 1 saturated heterocycles. The zero-order valence-electron chi connectivity index (χ0n) is 15.0. The minimum absolute atomic E-state index is 0.0241. The van der Waals surface area contributed by atoms with Gasteiger partial charge < -0.3 is 10.0 Å². The first-order valence-electron chi connectivity index (χ1n) is 8.82. The minimum atomic E-state index is -0.399. The van der Waals surface area contributed by atoms with Gasteiger partial charge in [-0.05, 0) is 31.9 Å². The Hall–Kier alpha value is -2.73. The van der Waals surface area contributed by atoms with Crippen molar-refractivity contribution >= 4 is 16.9 Å². The minimum Gasteiger partial charge on any atom is -0.395 e. The molecule has 1 aliphatic rings. The summed E-state index contributed by atoms with van der Waals surface area (Å²) in [5.41, 5.74) is 3.48. The predicted molar refractivity (Wildman–Crippen MR) is 99.1 cm³/mol. The Morgan fingerprint density at radius 2 is 2.08 bits per heavy atom. The molecule has 0 radical (unpaired) electrons. The Labute approximate surface area is 151 Å². The van der Waals surface area contributed by atoms with Gasteiger partial charge in [0.1, 0.15) is 0 Å². The van der Waals surface area contributed by atoms with Crippen molar-refractivity contribution in [1.82, 2.24) is 20.1 Å². The molecule has 0 saturated carbocycles. The summed E-state index contributed by atoms with van der Waals surface area (Å²) in [7, 11) is 0. The number of nitrogens with zero attached hydrogens (tertiary/aromatic N) is 3. The number of nitrogens with one attached hydrogen (secondary N) is 1. The largest absolute Gasteiger partial charge is 0.395 e. The van der Waals surface area contributed by atoms with Crippen molar-refractivity contribution in [2.45, 2.75) is 25.7 Å². The van der Waals surface area contributed by atoms with Crippen molar-refractivity contribution in [3.8, 4) is 0 Å². The number of hydrogen-bond acceptors (Lipinski definition) is 4. The predicted octanol–water partition coefficient (Wildman–Crippen LogP) is 2.35. The van der Waals surface area contributed by atoms with Crippen molar-refractivity contribution in [3.05, 3.63) is 58.9 Å². The molecule has 26 heavy (non-hydrogen) atoms. The summed E-state index contributed by atoms with van der Waals surface area (Å²) >= 11 is 0. The van der Waals surface area contributed by atoms with Crippen LogP contribution in [0.25, 0.3) is 11.0 Å². The van der Waals surface area contributed by atoms with Gasteiger partial charge in [0.15, 0.2) is 5.65 Å². The summed E-state index contributed by atoms with van der Waals surface area (Å²) in [6.07, 6.45) is 0.747. The number of hydrogen-bond donors (Lipinski definition) is 2. The van der Waals surface area contributed by atoms with E-state index >= 15 is 0 Å². The molecule has 0 spiro atoms. The average Bonchev–Trinajstić information content (AvgIpc) is 3.26. The molecule has 2 aromatic heterocycles. The van der Waals surface area contributed by atoms with Crippen LogP contribution in [0.15, 0.2) is 36.4 Å². The number of rotatable bonds is 3. The maximum atomic E-state index is 13.3. The molecule has 2 N–H and O–H groups in total. The molecule has 1 fully saturated rings. The van der Waals surface area contributed by atoms with Gasteiger partial charge in [0, 0.05) is 29.9 Å². The summed E-state index contributed by atoms with van der Waals surface area (Å²) in [6, 6.07) is 11.8. The fourth-order valence-electron chi connectivity index (χ4n) is 3.93. The SMILES string of the molecule is Cc1cc(C(=O)N2CCC(CO)(c3ccccc3)C2)c2c(C)[nH]nc2n1. The van der Waals surface area contributed by atoms with Gasteiger partial charge in [-0.3, -0.25) is 9.89 Å². The Bertz CT molecular complexity index is 967. The second kappa shape index (κ2) is 6.21. The second-order valence-corrected chi connectivity index (χ2v) is 7.14. The number of aliphatic hydroxyl groups excluding tert-OH is 1. The Kier molecular flexibility index (Phi) is 4.00. The number of carbonyl (C=O) groups is 1. The van der Waals surface area contributed by atoms with E-state index in [0.29, 0.717) is 24.3 Å². The molecule has 6 heteroatoms. The van der Waals surface area contributed by atoms with E-state index in [1.54, 1.807) is 0 Å². The highest BCUT2D eigenvalue weighted by Gasteiger charge is 2.41.